The van der Waals surface area contributed by atoms with Crippen molar-refractivity contribution in [3.63, 3.8) is 0 Å². The number of benzene rings is 2. The quantitative estimate of drug-likeness (QED) is 0.649. The summed E-state index contributed by atoms with van der Waals surface area (Å²) in [5.74, 6) is 0.972. The van der Waals surface area contributed by atoms with Gasteiger partial charge in [-0.05, 0) is 37.1 Å². The summed E-state index contributed by atoms with van der Waals surface area (Å²) >= 11 is 0. The van der Waals surface area contributed by atoms with Gasteiger partial charge in [0.15, 0.2) is 11.5 Å². The first-order valence-electron chi connectivity index (χ1n) is 9.65. The van der Waals surface area contributed by atoms with Gasteiger partial charge in [0.2, 0.25) is 11.8 Å². The lowest BCUT2D eigenvalue weighted by Gasteiger charge is -2.30. The van der Waals surface area contributed by atoms with Crippen LogP contribution in [0.25, 0.3) is 0 Å². The van der Waals surface area contributed by atoms with Crippen LogP contribution in [0.2, 0.25) is 0 Å². The molecular formula is C23H30N2O4. The Morgan fingerprint density at radius 3 is 2.10 bits per heavy atom. The van der Waals surface area contributed by atoms with Gasteiger partial charge < -0.3 is 19.3 Å². The van der Waals surface area contributed by atoms with Crippen molar-refractivity contribution in [2.75, 3.05) is 20.8 Å². The summed E-state index contributed by atoms with van der Waals surface area (Å²) in [5.41, 5.74) is 1.92. The van der Waals surface area contributed by atoms with E-state index in [1.165, 1.54) is 6.92 Å². The van der Waals surface area contributed by atoms with Gasteiger partial charge in [-0.1, -0.05) is 36.4 Å². The minimum Gasteiger partial charge on any atom is -0.493 e. The van der Waals surface area contributed by atoms with E-state index < -0.39 is 0 Å². The fourth-order valence-corrected chi connectivity index (χ4v) is 3.07. The smallest absolute Gasteiger partial charge is 0.242 e. The highest BCUT2D eigenvalue weighted by Gasteiger charge is 2.22. The third-order valence-corrected chi connectivity index (χ3v) is 4.73. The van der Waals surface area contributed by atoms with Gasteiger partial charge in [-0.15, -0.1) is 0 Å². The average molecular weight is 399 g/mol. The predicted octanol–water partition coefficient (Wildman–Crippen LogP) is 3.49. The van der Waals surface area contributed by atoms with E-state index in [-0.39, 0.29) is 24.4 Å². The van der Waals surface area contributed by atoms with Crippen LogP contribution in [0.15, 0.2) is 48.5 Å². The maximum absolute atomic E-state index is 13.0. The summed E-state index contributed by atoms with van der Waals surface area (Å²) in [6.45, 7) is 6.29. The van der Waals surface area contributed by atoms with Crippen molar-refractivity contribution in [2.45, 2.75) is 39.9 Å². The number of hydrogen-bond acceptors (Lipinski definition) is 4. The van der Waals surface area contributed by atoms with E-state index in [0.29, 0.717) is 24.6 Å². The van der Waals surface area contributed by atoms with Crippen LogP contribution in [0.1, 0.15) is 31.9 Å². The summed E-state index contributed by atoms with van der Waals surface area (Å²) < 4.78 is 10.6. The van der Waals surface area contributed by atoms with Crippen molar-refractivity contribution in [3.8, 4) is 11.5 Å². The van der Waals surface area contributed by atoms with E-state index in [2.05, 4.69) is 0 Å². The molecule has 0 bridgehead atoms. The van der Waals surface area contributed by atoms with Crippen LogP contribution in [0, 0.1) is 0 Å². The summed E-state index contributed by atoms with van der Waals surface area (Å²) in [4.78, 5) is 28.6. The second-order valence-corrected chi connectivity index (χ2v) is 7.17. The fourth-order valence-electron chi connectivity index (χ4n) is 3.07. The van der Waals surface area contributed by atoms with Crippen LogP contribution < -0.4 is 9.47 Å². The molecule has 0 fully saturated rings. The van der Waals surface area contributed by atoms with Gasteiger partial charge >= 0.3 is 0 Å². The zero-order chi connectivity index (χ0) is 21.4. The predicted molar refractivity (Wildman–Crippen MR) is 113 cm³/mol. The summed E-state index contributed by atoms with van der Waals surface area (Å²) in [7, 11) is 3.14. The van der Waals surface area contributed by atoms with Gasteiger partial charge in [-0.3, -0.25) is 9.59 Å². The molecule has 0 heterocycles. The van der Waals surface area contributed by atoms with Gasteiger partial charge in [-0.2, -0.15) is 0 Å². The van der Waals surface area contributed by atoms with Gasteiger partial charge in [0.1, 0.15) is 6.54 Å². The van der Waals surface area contributed by atoms with E-state index in [1.807, 2.05) is 56.3 Å². The van der Waals surface area contributed by atoms with Gasteiger partial charge in [0, 0.05) is 26.1 Å². The molecule has 0 saturated carbocycles. The minimum atomic E-state index is -0.156. The highest BCUT2D eigenvalue weighted by Crippen LogP contribution is 2.28. The Balaban J connectivity index is 2.14. The summed E-state index contributed by atoms with van der Waals surface area (Å²) in [6, 6.07) is 15.4. The second-order valence-electron chi connectivity index (χ2n) is 7.17. The Hall–Kier alpha value is -3.02. The molecule has 0 aromatic heterocycles. The van der Waals surface area contributed by atoms with Crippen molar-refractivity contribution in [1.82, 2.24) is 9.80 Å². The maximum atomic E-state index is 13.0. The number of hydrogen-bond donors (Lipinski definition) is 0. The van der Waals surface area contributed by atoms with Crippen LogP contribution in [-0.4, -0.2) is 48.4 Å². The molecule has 0 aliphatic heterocycles. The standard InChI is InChI=1S/C23H30N2O4/c1-17(2)25(15-19-9-7-6-8-10-19)23(27)16-24(18(3)26)14-20-11-12-21(28-4)22(13-20)29-5/h6-13,17H,14-16H2,1-5H3. The zero-order valence-corrected chi connectivity index (χ0v) is 17.8. The molecule has 29 heavy (non-hydrogen) atoms. The third kappa shape index (κ3) is 6.24. The topological polar surface area (TPSA) is 59.1 Å². The lowest BCUT2D eigenvalue weighted by Crippen LogP contribution is -2.44. The van der Waals surface area contributed by atoms with Crippen LogP contribution in [0.4, 0.5) is 0 Å². The van der Waals surface area contributed by atoms with Crippen LogP contribution >= 0.6 is 0 Å². The Labute approximate surface area is 173 Å². The molecule has 2 aromatic rings. The Kier molecular flexibility index (Phi) is 8.07. The van der Waals surface area contributed by atoms with Crippen LogP contribution in [0.5, 0.6) is 11.5 Å². The third-order valence-electron chi connectivity index (χ3n) is 4.73. The maximum Gasteiger partial charge on any atom is 0.242 e. The second kappa shape index (κ2) is 10.5. The molecule has 6 nitrogen and oxygen atoms in total. The Bertz CT molecular complexity index is 821. The number of nitrogens with zero attached hydrogens (tertiary/aromatic N) is 2. The first kappa shape index (κ1) is 22.3. The summed E-state index contributed by atoms with van der Waals surface area (Å²) in [6.07, 6.45) is 0. The Morgan fingerprint density at radius 1 is 0.897 bits per heavy atom. The molecule has 0 saturated heterocycles. The molecule has 0 radical (unpaired) electrons. The number of amides is 2. The molecule has 0 aliphatic carbocycles. The van der Waals surface area contributed by atoms with Crippen molar-refractivity contribution in [3.05, 3.63) is 59.7 Å². The molecule has 6 heteroatoms. The van der Waals surface area contributed by atoms with Crippen molar-refractivity contribution < 1.29 is 19.1 Å². The molecule has 0 N–H and O–H groups in total. The number of methoxy groups -OCH3 is 2. The zero-order valence-electron chi connectivity index (χ0n) is 17.8. The fraction of sp³-hybridized carbons (Fsp3) is 0.391. The molecule has 2 amide bonds. The molecule has 2 rings (SSSR count). The molecule has 0 spiro atoms. The number of carbonyl (C=O) groups is 2. The van der Waals surface area contributed by atoms with Crippen LogP contribution in [-0.2, 0) is 22.7 Å². The van der Waals surface area contributed by atoms with Gasteiger partial charge in [0.05, 0.1) is 14.2 Å². The lowest BCUT2D eigenvalue weighted by atomic mass is 10.1. The number of rotatable bonds is 9. The van der Waals surface area contributed by atoms with Gasteiger partial charge in [-0.25, -0.2) is 0 Å². The molecule has 0 unspecified atom stereocenters. The van der Waals surface area contributed by atoms with E-state index in [9.17, 15) is 9.59 Å². The normalized spacial score (nSPS) is 10.6. The molecule has 2 aromatic carbocycles. The molecule has 0 atom stereocenters. The minimum absolute atomic E-state index is 0.0225. The molecule has 156 valence electrons. The monoisotopic (exact) mass is 398 g/mol. The van der Waals surface area contributed by atoms with E-state index in [4.69, 9.17) is 9.47 Å². The van der Waals surface area contributed by atoms with E-state index >= 15 is 0 Å². The lowest BCUT2D eigenvalue weighted by molar-refractivity contribution is -0.141. The van der Waals surface area contributed by atoms with E-state index in [0.717, 1.165) is 11.1 Å². The molecule has 0 aliphatic rings. The number of carbonyl (C=O) groups excluding carboxylic acids is 2. The van der Waals surface area contributed by atoms with Crippen molar-refractivity contribution in [1.29, 1.82) is 0 Å². The largest absolute Gasteiger partial charge is 0.493 e. The molecular weight excluding hydrogens is 368 g/mol. The van der Waals surface area contributed by atoms with Gasteiger partial charge in [0.25, 0.3) is 0 Å². The SMILES string of the molecule is COc1ccc(CN(CC(=O)N(Cc2ccccc2)C(C)C)C(C)=O)cc1OC. The first-order valence-corrected chi connectivity index (χ1v) is 9.65. The highest BCUT2D eigenvalue weighted by molar-refractivity contribution is 5.84. The Morgan fingerprint density at radius 2 is 1.55 bits per heavy atom. The van der Waals surface area contributed by atoms with Crippen molar-refractivity contribution >= 4 is 11.8 Å². The average Bonchev–Trinajstić information content (AvgIpc) is 2.71. The summed E-state index contributed by atoms with van der Waals surface area (Å²) in [5, 5.41) is 0. The van der Waals surface area contributed by atoms with Crippen molar-refractivity contribution in [2.24, 2.45) is 0 Å². The highest BCUT2D eigenvalue weighted by atomic mass is 16.5. The first-order chi connectivity index (χ1) is 13.8. The van der Waals surface area contributed by atoms with E-state index in [1.54, 1.807) is 30.1 Å². The van der Waals surface area contributed by atoms with Crippen LogP contribution in [0.3, 0.4) is 0 Å². The number of ether oxygens (including phenoxy) is 2.